The number of nitrogens with zero attached hydrogens (tertiary/aromatic N) is 6. The van der Waals surface area contributed by atoms with Crippen molar-refractivity contribution in [3.63, 3.8) is 0 Å². The van der Waals surface area contributed by atoms with Gasteiger partial charge in [0.2, 0.25) is 11.6 Å². The number of aromatic nitrogens is 4. The summed E-state index contributed by atoms with van der Waals surface area (Å²) in [6, 6.07) is 10.5. The van der Waals surface area contributed by atoms with E-state index in [0.717, 1.165) is 11.3 Å². The highest BCUT2D eigenvalue weighted by Gasteiger charge is 2.32. The zero-order chi connectivity index (χ0) is 23.4. The Labute approximate surface area is 190 Å². The van der Waals surface area contributed by atoms with Crippen LogP contribution in [-0.2, 0) is 11.2 Å². The molecule has 1 amide bonds. The molecule has 1 aliphatic rings. The van der Waals surface area contributed by atoms with Crippen LogP contribution in [-0.4, -0.2) is 54.8 Å². The van der Waals surface area contributed by atoms with Gasteiger partial charge in [-0.3, -0.25) is 4.79 Å². The summed E-state index contributed by atoms with van der Waals surface area (Å²) in [7, 11) is 0. The molecule has 166 valence electrons. The lowest BCUT2D eigenvalue weighted by Crippen LogP contribution is -2.46. The number of tetrazole rings is 1. The number of hydrogen-bond donors (Lipinski definition) is 1. The molecule has 1 N–H and O–H groups in total. The zero-order valence-corrected chi connectivity index (χ0v) is 18.0. The van der Waals surface area contributed by atoms with Gasteiger partial charge in [-0.15, -0.1) is 5.10 Å². The molecule has 0 aliphatic carbocycles. The monoisotopic (exact) mass is 444 g/mol. The molecule has 0 radical (unpaired) electrons. The standard InChI is InChI=1S/C24H21FN6O2/c1-17-3-6-19(22(25)23(17)26-2)9-10-24(33)11-13-30(14-12-24)21(32)15-18-4-7-20(8-5-18)31-16-27-28-29-31/h3-8,16,33H,11-15H2,1H3. The maximum atomic E-state index is 14.4. The van der Waals surface area contributed by atoms with Gasteiger partial charge in [-0.2, -0.15) is 0 Å². The SMILES string of the molecule is [C-]#[N+]c1c(C)ccc(C#CC2(O)CCN(C(=O)Cc3ccc(-n4cnnn4)cc3)CC2)c1F. The van der Waals surface area contributed by atoms with Crippen LogP contribution in [0.1, 0.15) is 29.5 Å². The molecule has 1 saturated heterocycles. The van der Waals surface area contributed by atoms with Gasteiger partial charge in [0.1, 0.15) is 17.7 Å². The first-order valence-electron chi connectivity index (χ1n) is 10.4. The molecule has 4 rings (SSSR count). The van der Waals surface area contributed by atoms with Gasteiger partial charge in [0, 0.05) is 31.5 Å². The lowest BCUT2D eigenvalue weighted by molar-refractivity contribution is -0.133. The molecule has 1 fully saturated rings. The molecule has 0 atom stereocenters. The summed E-state index contributed by atoms with van der Waals surface area (Å²) in [6.45, 7) is 9.49. The molecule has 0 spiro atoms. The number of likely N-dealkylation sites (tertiary alicyclic amines) is 1. The van der Waals surface area contributed by atoms with Gasteiger partial charge in [-0.25, -0.2) is 13.9 Å². The summed E-state index contributed by atoms with van der Waals surface area (Å²) in [5.74, 6) is 4.75. The number of halogens is 1. The topological polar surface area (TPSA) is 88.5 Å². The molecule has 2 heterocycles. The molecular weight excluding hydrogens is 423 g/mol. The average molecular weight is 444 g/mol. The minimum Gasteiger partial charge on any atom is -0.377 e. The number of carbonyl (C=O) groups excluding carboxylic acids is 1. The molecule has 0 saturated carbocycles. The van der Waals surface area contributed by atoms with Crippen LogP contribution in [0.5, 0.6) is 0 Å². The van der Waals surface area contributed by atoms with Crippen LogP contribution in [0.4, 0.5) is 10.1 Å². The molecule has 1 aromatic heterocycles. The largest absolute Gasteiger partial charge is 0.377 e. The second kappa shape index (κ2) is 9.19. The predicted molar refractivity (Wildman–Crippen MR) is 118 cm³/mol. The number of hydrogen-bond acceptors (Lipinski definition) is 5. The van der Waals surface area contributed by atoms with Crippen molar-refractivity contribution in [1.29, 1.82) is 0 Å². The quantitative estimate of drug-likeness (QED) is 0.496. The maximum Gasteiger partial charge on any atom is 0.226 e. The Hall–Kier alpha value is -4.08. The van der Waals surface area contributed by atoms with Crippen LogP contribution >= 0.6 is 0 Å². The van der Waals surface area contributed by atoms with E-state index < -0.39 is 11.4 Å². The highest BCUT2D eigenvalue weighted by molar-refractivity contribution is 5.79. The van der Waals surface area contributed by atoms with Gasteiger partial charge >= 0.3 is 0 Å². The van der Waals surface area contributed by atoms with Crippen LogP contribution in [0.2, 0.25) is 0 Å². The smallest absolute Gasteiger partial charge is 0.226 e. The third-order valence-corrected chi connectivity index (χ3v) is 5.71. The molecule has 33 heavy (non-hydrogen) atoms. The molecule has 2 aromatic carbocycles. The third kappa shape index (κ3) is 4.89. The Balaban J connectivity index is 1.36. The summed E-state index contributed by atoms with van der Waals surface area (Å²) in [5.41, 5.74) is 0.932. The molecule has 3 aromatic rings. The maximum absolute atomic E-state index is 14.4. The number of aryl methyl sites for hydroxylation is 1. The van der Waals surface area contributed by atoms with E-state index in [1.807, 2.05) is 24.3 Å². The van der Waals surface area contributed by atoms with Crippen LogP contribution < -0.4 is 0 Å². The summed E-state index contributed by atoms with van der Waals surface area (Å²) >= 11 is 0. The van der Waals surface area contributed by atoms with E-state index in [2.05, 4.69) is 32.2 Å². The van der Waals surface area contributed by atoms with Crippen LogP contribution in [0, 0.1) is 31.2 Å². The van der Waals surface area contributed by atoms with Gasteiger partial charge in [-0.05, 0) is 46.7 Å². The average Bonchev–Trinajstić information content (AvgIpc) is 3.35. The van der Waals surface area contributed by atoms with E-state index in [0.29, 0.717) is 18.7 Å². The lowest BCUT2D eigenvalue weighted by Gasteiger charge is -2.35. The Morgan fingerprint density at radius 1 is 1.24 bits per heavy atom. The number of benzene rings is 2. The summed E-state index contributed by atoms with van der Waals surface area (Å²) in [4.78, 5) is 17.6. The molecule has 0 bridgehead atoms. The van der Waals surface area contributed by atoms with Gasteiger partial charge in [0.25, 0.3) is 0 Å². The van der Waals surface area contributed by atoms with Crippen molar-refractivity contribution in [2.75, 3.05) is 13.1 Å². The van der Waals surface area contributed by atoms with E-state index in [1.54, 1.807) is 17.9 Å². The van der Waals surface area contributed by atoms with Crippen LogP contribution in [0.25, 0.3) is 10.5 Å². The summed E-state index contributed by atoms with van der Waals surface area (Å²) in [5, 5.41) is 21.8. The predicted octanol–water partition coefficient (Wildman–Crippen LogP) is 2.61. The summed E-state index contributed by atoms with van der Waals surface area (Å²) in [6.07, 6.45) is 2.28. The van der Waals surface area contributed by atoms with Crippen molar-refractivity contribution < 1.29 is 14.3 Å². The molecular formula is C24H21FN6O2. The second-order valence-corrected chi connectivity index (χ2v) is 7.96. The molecule has 0 unspecified atom stereocenters. The van der Waals surface area contributed by atoms with Crippen molar-refractivity contribution in [2.24, 2.45) is 0 Å². The van der Waals surface area contributed by atoms with Gasteiger partial charge in [0.05, 0.1) is 18.7 Å². The fourth-order valence-corrected chi connectivity index (χ4v) is 3.66. The molecule has 9 heteroatoms. The molecule has 1 aliphatic heterocycles. The highest BCUT2D eigenvalue weighted by atomic mass is 19.1. The van der Waals surface area contributed by atoms with Crippen LogP contribution in [0.3, 0.4) is 0 Å². The van der Waals surface area contributed by atoms with Gasteiger partial charge in [-0.1, -0.05) is 30.0 Å². The van der Waals surface area contributed by atoms with Crippen LogP contribution in [0.15, 0.2) is 42.7 Å². The fourth-order valence-electron chi connectivity index (χ4n) is 3.66. The van der Waals surface area contributed by atoms with E-state index in [9.17, 15) is 14.3 Å². The number of carbonyl (C=O) groups is 1. The number of amides is 1. The van der Waals surface area contributed by atoms with E-state index in [-0.39, 0.29) is 36.4 Å². The molecule has 8 nitrogen and oxygen atoms in total. The van der Waals surface area contributed by atoms with Crippen molar-refractivity contribution in [2.45, 2.75) is 31.8 Å². The first-order valence-corrected chi connectivity index (χ1v) is 10.4. The Morgan fingerprint density at radius 2 is 1.97 bits per heavy atom. The van der Waals surface area contributed by atoms with Crippen molar-refractivity contribution in [1.82, 2.24) is 25.1 Å². The first-order chi connectivity index (χ1) is 15.9. The number of piperidine rings is 1. The lowest BCUT2D eigenvalue weighted by atomic mass is 9.91. The van der Waals surface area contributed by atoms with Gasteiger partial charge < -0.3 is 10.0 Å². The third-order valence-electron chi connectivity index (χ3n) is 5.71. The summed E-state index contributed by atoms with van der Waals surface area (Å²) < 4.78 is 16.0. The van der Waals surface area contributed by atoms with E-state index >= 15 is 0 Å². The van der Waals surface area contributed by atoms with Gasteiger partial charge in [0.15, 0.2) is 0 Å². The minimum absolute atomic E-state index is 0.0357. The Bertz CT molecular complexity index is 1260. The van der Waals surface area contributed by atoms with E-state index in [4.69, 9.17) is 6.57 Å². The zero-order valence-electron chi connectivity index (χ0n) is 18.0. The fraction of sp³-hybridized carbons (Fsp3) is 0.292. The van der Waals surface area contributed by atoms with Crippen molar-refractivity contribution in [3.05, 3.63) is 76.7 Å². The number of rotatable bonds is 3. The minimum atomic E-state index is -1.31. The highest BCUT2D eigenvalue weighted by Crippen LogP contribution is 2.26. The normalized spacial score (nSPS) is 14.8. The first kappa shape index (κ1) is 22.1. The number of aliphatic hydroxyl groups is 1. The Kier molecular flexibility index (Phi) is 6.16. The Morgan fingerprint density at radius 3 is 2.61 bits per heavy atom. The van der Waals surface area contributed by atoms with Crippen molar-refractivity contribution in [3.8, 4) is 17.5 Å². The van der Waals surface area contributed by atoms with E-state index in [1.165, 1.54) is 17.1 Å². The van der Waals surface area contributed by atoms with Crippen molar-refractivity contribution >= 4 is 11.6 Å². The second-order valence-electron chi connectivity index (χ2n) is 7.96.